The van der Waals surface area contributed by atoms with E-state index in [4.69, 9.17) is 21.1 Å². The molecule has 0 saturated carbocycles. The van der Waals surface area contributed by atoms with Crippen LogP contribution in [0.1, 0.15) is 30.6 Å². The number of rotatable bonds is 8. The summed E-state index contributed by atoms with van der Waals surface area (Å²) in [5.74, 6) is 1.14. The molecule has 1 aromatic carbocycles. The van der Waals surface area contributed by atoms with Crippen molar-refractivity contribution in [2.24, 2.45) is 5.92 Å². The largest absolute Gasteiger partial charge is 0.493 e. The summed E-state index contributed by atoms with van der Waals surface area (Å²) in [6.07, 6.45) is -1.48. The molecule has 0 atom stereocenters. The molecule has 0 aromatic heterocycles. The van der Waals surface area contributed by atoms with E-state index in [1.165, 1.54) is 7.11 Å². The lowest BCUT2D eigenvalue weighted by Crippen LogP contribution is -2.49. The number of carbonyl (C=O) groups excluding carboxylic acids is 1. The second-order valence-electron chi connectivity index (χ2n) is 7.00. The Morgan fingerprint density at radius 3 is 2.44 bits per heavy atom. The number of piperazine rings is 1. The highest BCUT2D eigenvalue weighted by Gasteiger charge is 2.25. The number of halogens is 3. The van der Waals surface area contributed by atoms with Crippen LogP contribution in [0.4, 0.5) is 8.78 Å². The second kappa shape index (κ2) is 10.1. The van der Waals surface area contributed by atoms with Gasteiger partial charge in [-0.2, -0.15) is 0 Å². The highest BCUT2D eigenvalue weighted by Crippen LogP contribution is 2.37. The summed E-state index contributed by atoms with van der Waals surface area (Å²) < 4.78 is 36.0. The lowest BCUT2D eigenvalue weighted by atomic mass is 10.1. The number of nitrogens with zero attached hydrogens (tertiary/aromatic N) is 2. The highest BCUT2D eigenvalue weighted by atomic mass is 35.5. The third kappa shape index (κ3) is 6.21. The number of alkyl halides is 2. The van der Waals surface area contributed by atoms with Crippen LogP contribution < -0.4 is 9.47 Å². The molecule has 1 aliphatic rings. The van der Waals surface area contributed by atoms with Crippen LogP contribution in [0, 0.1) is 5.92 Å². The molecule has 1 saturated heterocycles. The molecule has 0 radical (unpaired) electrons. The maximum Gasteiger partial charge on any atom is 0.254 e. The first kappa shape index (κ1) is 21.7. The highest BCUT2D eigenvalue weighted by molar-refractivity contribution is 6.32. The van der Waals surface area contributed by atoms with E-state index in [0.717, 1.165) is 6.42 Å². The molecular formula is C19H27ClF2N2O3. The predicted octanol–water partition coefficient (Wildman–Crippen LogP) is 3.80. The number of hydrogen-bond acceptors (Lipinski definition) is 4. The molecule has 1 fully saturated rings. The summed E-state index contributed by atoms with van der Waals surface area (Å²) in [6, 6.07) is 3.19. The average Bonchev–Trinajstić information content (AvgIpc) is 2.62. The van der Waals surface area contributed by atoms with Gasteiger partial charge in [-0.3, -0.25) is 9.69 Å². The first-order chi connectivity index (χ1) is 12.8. The molecule has 1 heterocycles. The summed E-state index contributed by atoms with van der Waals surface area (Å²) in [7, 11) is 1.50. The fourth-order valence-electron chi connectivity index (χ4n) is 2.89. The van der Waals surface area contributed by atoms with E-state index in [-0.39, 0.29) is 12.5 Å². The molecule has 27 heavy (non-hydrogen) atoms. The summed E-state index contributed by atoms with van der Waals surface area (Å²) in [6.45, 7) is 6.11. The Bertz CT molecular complexity index is 636. The van der Waals surface area contributed by atoms with Gasteiger partial charge in [0.1, 0.15) is 0 Å². The molecule has 0 bridgehead atoms. The molecule has 0 unspecified atom stereocenters. The minimum Gasteiger partial charge on any atom is -0.493 e. The maximum atomic E-state index is 12.8. The van der Waals surface area contributed by atoms with Crippen molar-refractivity contribution in [3.8, 4) is 11.5 Å². The van der Waals surface area contributed by atoms with E-state index < -0.39 is 6.43 Å². The van der Waals surface area contributed by atoms with Gasteiger partial charge in [0.25, 0.3) is 12.3 Å². The molecule has 1 aromatic rings. The lowest BCUT2D eigenvalue weighted by Gasteiger charge is -2.34. The molecule has 1 aliphatic heterocycles. The summed E-state index contributed by atoms with van der Waals surface area (Å²) in [5.41, 5.74) is 0.398. The van der Waals surface area contributed by atoms with Crippen LogP contribution in [0.5, 0.6) is 11.5 Å². The molecule has 8 heteroatoms. The Labute approximate surface area is 164 Å². The van der Waals surface area contributed by atoms with Crippen LogP contribution in [0.2, 0.25) is 5.02 Å². The van der Waals surface area contributed by atoms with E-state index in [9.17, 15) is 13.6 Å². The molecule has 152 valence electrons. The van der Waals surface area contributed by atoms with E-state index >= 15 is 0 Å². The predicted molar refractivity (Wildman–Crippen MR) is 101 cm³/mol. The van der Waals surface area contributed by atoms with Crippen LogP contribution in [0.3, 0.4) is 0 Å². The fraction of sp³-hybridized carbons (Fsp3) is 0.632. The first-order valence-electron chi connectivity index (χ1n) is 9.12. The van der Waals surface area contributed by atoms with Crippen LogP contribution >= 0.6 is 11.6 Å². The Balaban J connectivity index is 2.05. The van der Waals surface area contributed by atoms with E-state index in [1.807, 2.05) is 0 Å². The number of ether oxygens (including phenoxy) is 2. The monoisotopic (exact) mass is 404 g/mol. The molecule has 5 nitrogen and oxygen atoms in total. The van der Waals surface area contributed by atoms with Crippen LogP contribution in [0.15, 0.2) is 12.1 Å². The Hall–Kier alpha value is -1.60. The van der Waals surface area contributed by atoms with E-state index in [2.05, 4.69) is 13.8 Å². The third-order valence-corrected chi connectivity index (χ3v) is 4.75. The quantitative estimate of drug-likeness (QED) is 0.661. The smallest absolute Gasteiger partial charge is 0.254 e. The van der Waals surface area contributed by atoms with Gasteiger partial charge >= 0.3 is 0 Å². The van der Waals surface area contributed by atoms with Gasteiger partial charge in [0.2, 0.25) is 0 Å². The summed E-state index contributed by atoms with van der Waals surface area (Å²) in [4.78, 5) is 16.1. The molecule has 2 rings (SSSR count). The first-order valence-corrected chi connectivity index (χ1v) is 9.49. The standard InChI is InChI=1S/C19H27ClF2N2O3/c1-13(2)4-9-27-18-15(20)10-14(11-16(18)26-3)19(25)24-7-5-23(6-8-24)12-17(21)22/h10-11,13,17H,4-9,12H2,1-3H3. The van der Waals surface area contributed by atoms with Crippen molar-refractivity contribution in [1.29, 1.82) is 0 Å². The van der Waals surface area contributed by atoms with E-state index in [0.29, 0.717) is 60.8 Å². The molecule has 1 amide bonds. The van der Waals surface area contributed by atoms with Gasteiger partial charge in [-0.05, 0) is 24.5 Å². The zero-order valence-electron chi connectivity index (χ0n) is 16.0. The third-order valence-electron chi connectivity index (χ3n) is 4.47. The molecule has 0 spiro atoms. The lowest BCUT2D eigenvalue weighted by molar-refractivity contribution is 0.0458. The minimum atomic E-state index is -2.36. The van der Waals surface area contributed by atoms with Crippen LogP contribution in [-0.4, -0.2) is 68.6 Å². The van der Waals surface area contributed by atoms with Crippen molar-refractivity contribution in [3.63, 3.8) is 0 Å². The SMILES string of the molecule is COc1cc(C(=O)N2CCN(CC(F)F)CC2)cc(Cl)c1OCCC(C)C. The Morgan fingerprint density at radius 1 is 1.22 bits per heavy atom. The minimum absolute atomic E-state index is 0.194. The number of benzene rings is 1. The second-order valence-corrected chi connectivity index (χ2v) is 7.41. The Morgan fingerprint density at radius 2 is 1.89 bits per heavy atom. The van der Waals surface area contributed by atoms with Crippen LogP contribution in [-0.2, 0) is 0 Å². The van der Waals surface area contributed by atoms with Crippen molar-refractivity contribution >= 4 is 17.5 Å². The normalized spacial score (nSPS) is 15.5. The molecule has 0 aliphatic carbocycles. The average molecular weight is 405 g/mol. The molecular weight excluding hydrogens is 378 g/mol. The van der Waals surface area contributed by atoms with Gasteiger partial charge in [-0.15, -0.1) is 0 Å². The fourth-order valence-corrected chi connectivity index (χ4v) is 3.16. The van der Waals surface area contributed by atoms with Gasteiger partial charge in [0.15, 0.2) is 11.5 Å². The number of carbonyl (C=O) groups is 1. The van der Waals surface area contributed by atoms with Gasteiger partial charge in [0, 0.05) is 31.7 Å². The summed E-state index contributed by atoms with van der Waals surface area (Å²) in [5, 5.41) is 0.317. The number of methoxy groups -OCH3 is 1. The van der Waals surface area contributed by atoms with Crippen molar-refractivity contribution in [3.05, 3.63) is 22.7 Å². The van der Waals surface area contributed by atoms with Crippen molar-refractivity contribution < 1.29 is 23.0 Å². The van der Waals surface area contributed by atoms with Gasteiger partial charge in [-0.1, -0.05) is 25.4 Å². The van der Waals surface area contributed by atoms with E-state index in [1.54, 1.807) is 21.9 Å². The zero-order chi connectivity index (χ0) is 20.0. The number of amides is 1. The van der Waals surface area contributed by atoms with Gasteiger partial charge in [0.05, 0.1) is 25.3 Å². The Kier molecular flexibility index (Phi) is 8.10. The van der Waals surface area contributed by atoms with Crippen molar-refractivity contribution in [2.75, 3.05) is 46.4 Å². The number of hydrogen-bond donors (Lipinski definition) is 0. The zero-order valence-corrected chi connectivity index (χ0v) is 16.8. The van der Waals surface area contributed by atoms with Crippen LogP contribution in [0.25, 0.3) is 0 Å². The summed E-state index contributed by atoms with van der Waals surface area (Å²) >= 11 is 6.32. The maximum absolute atomic E-state index is 12.8. The van der Waals surface area contributed by atoms with Gasteiger partial charge in [-0.25, -0.2) is 8.78 Å². The topological polar surface area (TPSA) is 42.0 Å². The van der Waals surface area contributed by atoms with Crippen molar-refractivity contribution in [2.45, 2.75) is 26.7 Å². The molecule has 0 N–H and O–H groups in total. The van der Waals surface area contributed by atoms with Gasteiger partial charge < -0.3 is 14.4 Å². The van der Waals surface area contributed by atoms with Crippen molar-refractivity contribution in [1.82, 2.24) is 9.80 Å².